The lowest BCUT2D eigenvalue weighted by molar-refractivity contribution is -0.138. The molecule has 1 amide bonds. The van der Waals surface area contributed by atoms with Crippen LogP contribution in [0.15, 0.2) is 60.7 Å². The molecule has 3 heterocycles. The van der Waals surface area contributed by atoms with Crippen LogP contribution in [-0.4, -0.2) is 41.6 Å². The second-order valence-electron chi connectivity index (χ2n) is 7.16. The Morgan fingerprint density at radius 2 is 1.48 bits per heavy atom. The molecule has 0 aliphatic carbocycles. The van der Waals surface area contributed by atoms with E-state index in [9.17, 15) is 9.90 Å². The molecular formula is C21H24N2O2. The van der Waals surface area contributed by atoms with Gasteiger partial charge >= 0.3 is 0 Å². The summed E-state index contributed by atoms with van der Waals surface area (Å²) < 4.78 is 0. The maximum absolute atomic E-state index is 13.2. The molecule has 4 heteroatoms. The predicted octanol–water partition coefficient (Wildman–Crippen LogP) is 2.13. The molecule has 2 aromatic carbocycles. The Balaban J connectivity index is 1.65. The number of hydrogen-bond acceptors (Lipinski definition) is 3. The van der Waals surface area contributed by atoms with Gasteiger partial charge in [0.05, 0.1) is 0 Å². The van der Waals surface area contributed by atoms with Crippen LogP contribution in [0.5, 0.6) is 0 Å². The van der Waals surface area contributed by atoms with Crippen LogP contribution in [-0.2, 0) is 10.4 Å². The van der Waals surface area contributed by atoms with Crippen LogP contribution >= 0.6 is 0 Å². The van der Waals surface area contributed by atoms with Crippen molar-refractivity contribution in [2.24, 2.45) is 5.92 Å². The second kappa shape index (κ2) is 6.62. The molecule has 0 radical (unpaired) electrons. The number of benzene rings is 2. The zero-order chi connectivity index (χ0) is 17.3. The van der Waals surface area contributed by atoms with Gasteiger partial charge in [-0.05, 0) is 43.0 Å². The zero-order valence-corrected chi connectivity index (χ0v) is 14.3. The molecular weight excluding hydrogens is 312 g/mol. The van der Waals surface area contributed by atoms with Crippen molar-refractivity contribution in [3.8, 4) is 0 Å². The minimum atomic E-state index is -1.67. The summed E-state index contributed by atoms with van der Waals surface area (Å²) in [4.78, 5) is 15.6. The van der Waals surface area contributed by atoms with Crippen LogP contribution in [0.1, 0.15) is 24.0 Å². The molecule has 130 valence electrons. The number of carbonyl (C=O) groups is 1. The molecule has 2 aromatic rings. The van der Waals surface area contributed by atoms with E-state index in [4.69, 9.17) is 0 Å². The first-order valence-electron chi connectivity index (χ1n) is 9.04. The van der Waals surface area contributed by atoms with E-state index in [1.807, 2.05) is 60.7 Å². The number of fused-ring (bicyclic) bond motifs is 3. The number of hydrogen-bond donors (Lipinski definition) is 2. The van der Waals surface area contributed by atoms with Crippen molar-refractivity contribution < 1.29 is 9.90 Å². The number of carbonyl (C=O) groups excluding carboxylic acids is 1. The van der Waals surface area contributed by atoms with Crippen molar-refractivity contribution in [2.45, 2.75) is 24.5 Å². The summed E-state index contributed by atoms with van der Waals surface area (Å²) in [7, 11) is 0. The molecule has 25 heavy (non-hydrogen) atoms. The lowest BCUT2D eigenvalue weighted by Crippen LogP contribution is -2.60. The smallest absolute Gasteiger partial charge is 0.261 e. The van der Waals surface area contributed by atoms with Crippen molar-refractivity contribution in [1.82, 2.24) is 10.2 Å². The first kappa shape index (κ1) is 16.3. The molecule has 2 bridgehead atoms. The largest absolute Gasteiger partial charge is 0.372 e. The van der Waals surface area contributed by atoms with Gasteiger partial charge in [-0.3, -0.25) is 4.79 Å². The monoisotopic (exact) mass is 336 g/mol. The SMILES string of the molecule is O=C(N[C@@H]1CN2CCC1CC2)C(O)(c1ccccc1)c1ccccc1. The molecule has 0 saturated carbocycles. The Morgan fingerprint density at radius 1 is 0.960 bits per heavy atom. The third kappa shape index (κ3) is 2.96. The van der Waals surface area contributed by atoms with E-state index in [1.54, 1.807) is 0 Å². The second-order valence-corrected chi connectivity index (χ2v) is 7.16. The molecule has 3 aliphatic rings. The van der Waals surface area contributed by atoms with E-state index < -0.39 is 5.60 Å². The van der Waals surface area contributed by atoms with Crippen molar-refractivity contribution in [2.75, 3.05) is 19.6 Å². The van der Waals surface area contributed by atoms with Gasteiger partial charge < -0.3 is 15.3 Å². The minimum Gasteiger partial charge on any atom is -0.372 e. The van der Waals surface area contributed by atoms with Crippen LogP contribution in [0.3, 0.4) is 0 Å². The van der Waals surface area contributed by atoms with Gasteiger partial charge in [-0.15, -0.1) is 0 Å². The van der Waals surface area contributed by atoms with E-state index >= 15 is 0 Å². The average molecular weight is 336 g/mol. The maximum Gasteiger partial charge on any atom is 0.261 e. The Labute approximate surface area is 148 Å². The molecule has 1 atom stereocenters. The third-order valence-electron chi connectivity index (χ3n) is 5.68. The Bertz CT molecular complexity index is 685. The van der Waals surface area contributed by atoms with Gasteiger partial charge in [0.25, 0.3) is 5.91 Å². The highest BCUT2D eigenvalue weighted by Gasteiger charge is 2.43. The van der Waals surface area contributed by atoms with Crippen LogP contribution < -0.4 is 5.32 Å². The fourth-order valence-corrected chi connectivity index (χ4v) is 4.19. The molecule has 0 aromatic heterocycles. The lowest BCUT2D eigenvalue weighted by Gasteiger charge is -2.45. The van der Waals surface area contributed by atoms with E-state index in [0.29, 0.717) is 17.0 Å². The fourth-order valence-electron chi connectivity index (χ4n) is 4.19. The third-order valence-corrected chi connectivity index (χ3v) is 5.68. The molecule has 2 N–H and O–H groups in total. The van der Waals surface area contributed by atoms with E-state index in [0.717, 1.165) is 32.5 Å². The van der Waals surface area contributed by atoms with Gasteiger partial charge in [0.1, 0.15) is 0 Å². The van der Waals surface area contributed by atoms with Gasteiger partial charge in [0.2, 0.25) is 0 Å². The van der Waals surface area contributed by atoms with Crippen molar-refractivity contribution >= 4 is 5.91 Å². The van der Waals surface area contributed by atoms with Gasteiger partial charge in [-0.1, -0.05) is 60.7 Å². The fraction of sp³-hybridized carbons (Fsp3) is 0.381. The molecule has 4 nitrogen and oxygen atoms in total. The van der Waals surface area contributed by atoms with E-state index in [-0.39, 0.29) is 11.9 Å². The minimum absolute atomic E-state index is 0.119. The Kier molecular flexibility index (Phi) is 4.32. The van der Waals surface area contributed by atoms with Gasteiger partial charge in [0.15, 0.2) is 5.60 Å². The standard InChI is InChI=1S/C21H24N2O2/c24-20(22-19-15-23-13-11-16(19)12-14-23)21(25,17-7-3-1-4-8-17)18-9-5-2-6-10-18/h1-10,16,19,25H,11-15H2,(H,22,24)/t19-/m1/s1. The number of aliphatic hydroxyl groups is 1. The number of amides is 1. The van der Waals surface area contributed by atoms with Crippen LogP contribution in [0.4, 0.5) is 0 Å². The van der Waals surface area contributed by atoms with E-state index in [2.05, 4.69) is 10.2 Å². The normalized spacial score (nSPS) is 25.6. The number of nitrogens with one attached hydrogen (secondary N) is 1. The molecule has 5 rings (SSSR count). The van der Waals surface area contributed by atoms with Crippen LogP contribution in [0, 0.1) is 5.92 Å². The van der Waals surface area contributed by atoms with Crippen LogP contribution in [0.25, 0.3) is 0 Å². The highest BCUT2D eigenvalue weighted by molar-refractivity contribution is 5.90. The van der Waals surface area contributed by atoms with E-state index in [1.165, 1.54) is 0 Å². The number of piperidine rings is 3. The highest BCUT2D eigenvalue weighted by Crippen LogP contribution is 2.32. The van der Waals surface area contributed by atoms with Gasteiger partial charge in [-0.25, -0.2) is 0 Å². The number of nitrogens with zero attached hydrogens (tertiary/aromatic N) is 1. The zero-order valence-electron chi connectivity index (χ0n) is 14.3. The number of rotatable bonds is 4. The van der Waals surface area contributed by atoms with Gasteiger partial charge in [-0.2, -0.15) is 0 Å². The van der Waals surface area contributed by atoms with Gasteiger partial charge in [0, 0.05) is 12.6 Å². The molecule has 0 unspecified atom stereocenters. The summed E-state index contributed by atoms with van der Waals surface area (Å²) in [5, 5.41) is 14.7. The maximum atomic E-state index is 13.2. The highest BCUT2D eigenvalue weighted by atomic mass is 16.3. The summed E-state index contributed by atoms with van der Waals surface area (Å²) in [5.74, 6) is 0.188. The quantitative estimate of drug-likeness (QED) is 0.899. The summed E-state index contributed by atoms with van der Waals surface area (Å²) in [6, 6.07) is 18.5. The molecule has 0 spiro atoms. The summed E-state index contributed by atoms with van der Waals surface area (Å²) in [5.41, 5.74) is -0.478. The predicted molar refractivity (Wildman–Crippen MR) is 97.0 cm³/mol. The van der Waals surface area contributed by atoms with Crippen molar-refractivity contribution in [3.63, 3.8) is 0 Å². The average Bonchev–Trinajstić information content (AvgIpc) is 2.69. The summed E-state index contributed by atoms with van der Waals surface area (Å²) in [6.45, 7) is 3.13. The lowest BCUT2D eigenvalue weighted by atomic mass is 9.81. The Morgan fingerprint density at radius 3 is 1.92 bits per heavy atom. The molecule has 3 fully saturated rings. The molecule has 3 aliphatic heterocycles. The van der Waals surface area contributed by atoms with Crippen molar-refractivity contribution in [3.05, 3.63) is 71.8 Å². The Hall–Kier alpha value is -2.17. The molecule has 3 saturated heterocycles. The summed E-state index contributed by atoms with van der Waals surface area (Å²) >= 11 is 0. The topological polar surface area (TPSA) is 52.6 Å². The first-order valence-corrected chi connectivity index (χ1v) is 9.04. The first-order chi connectivity index (χ1) is 12.2. The van der Waals surface area contributed by atoms with Crippen molar-refractivity contribution in [1.29, 1.82) is 0 Å². The van der Waals surface area contributed by atoms with Crippen LogP contribution in [0.2, 0.25) is 0 Å². The summed E-state index contributed by atoms with van der Waals surface area (Å²) in [6.07, 6.45) is 2.25.